The second-order valence-corrected chi connectivity index (χ2v) is 9.29. The van der Waals surface area contributed by atoms with Crippen LogP contribution in [0.1, 0.15) is 18.1 Å². The molecule has 39 heavy (non-hydrogen) atoms. The Kier molecular flexibility index (Phi) is 6.54. The lowest BCUT2D eigenvalue weighted by molar-refractivity contribution is -0.114. The van der Waals surface area contributed by atoms with Gasteiger partial charge in [-0.15, -0.1) is 0 Å². The van der Waals surface area contributed by atoms with E-state index in [1.54, 1.807) is 0 Å². The fourth-order valence-electron chi connectivity index (χ4n) is 4.65. The number of amidine groups is 1. The predicted molar refractivity (Wildman–Crippen MR) is 160 cm³/mol. The van der Waals surface area contributed by atoms with Gasteiger partial charge in [-0.2, -0.15) is 0 Å². The van der Waals surface area contributed by atoms with E-state index < -0.39 is 0 Å². The molecule has 4 aromatic carbocycles. The molecule has 0 spiro atoms. The molecule has 1 aliphatic heterocycles. The summed E-state index contributed by atoms with van der Waals surface area (Å²) in [6.45, 7) is 1.50. The molecule has 2 N–H and O–H groups in total. The van der Waals surface area contributed by atoms with Gasteiger partial charge in [0, 0.05) is 35.0 Å². The van der Waals surface area contributed by atoms with E-state index in [9.17, 15) is 4.79 Å². The van der Waals surface area contributed by atoms with Crippen LogP contribution in [0.2, 0.25) is 0 Å². The minimum absolute atomic E-state index is 0.103. The van der Waals surface area contributed by atoms with Gasteiger partial charge in [-0.1, -0.05) is 103 Å². The summed E-state index contributed by atoms with van der Waals surface area (Å²) in [5.41, 5.74) is 8.66. The van der Waals surface area contributed by atoms with Crippen molar-refractivity contribution in [1.29, 1.82) is 0 Å². The van der Waals surface area contributed by atoms with Crippen molar-refractivity contribution in [3.8, 4) is 22.4 Å². The maximum atomic E-state index is 11.5. The van der Waals surface area contributed by atoms with Crippen molar-refractivity contribution in [1.82, 2.24) is 4.98 Å². The number of anilines is 1. The summed E-state index contributed by atoms with van der Waals surface area (Å²) in [7, 11) is 0. The first-order chi connectivity index (χ1) is 19.1. The number of amides is 1. The summed E-state index contributed by atoms with van der Waals surface area (Å²) in [5, 5.41) is 2.83. The predicted octanol–water partition coefficient (Wildman–Crippen LogP) is 7.92. The third kappa shape index (κ3) is 5.24. The standard InChI is InChI=1S/C34H26N4O/c1-23(39)35-28-19-17-25(18-20-28)30-22-32(27-15-9-4-10-16-27)37-34(30)38-33-29(24-11-5-2-6-12-24)21-31(36-33)26-13-7-3-8-14-26/h2-22,36H,1H3,(H,35,39)/b38-34-. The summed E-state index contributed by atoms with van der Waals surface area (Å²) in [6, 6.07) is 40.5. The third-order valence-corrected chi connectivity index (χ3v) is 6.52. The summed E-state index contributed by atoms with van der Waals surface area (Å²) in [4.78, 5) is 25.2. The van der Waals surface area contributed by atoms with Gasteiger partial charge in [0.25, 0.3) is 0 Å². The highest BCUT2D eigenvalue weighted by atomic mass is 16.1. The molecule has 1 aromatic heterocycles. The van der Waals surface area contributed by atoms with Gasteiger partial charge in [0.15, 0.2) is 5.84 Å². The molecule has 0 saturated carbocycles. The fraction of sp³-hybridized carbons (Fsp3) is 0.0294. The number of H-pyrrole nitrogens is 1. The van der Waals surface area contributed by atoms with E-state index in [1.165, 1.54) is 6.92 Å². The fourth-order valence-corrected chi connectivity index (χ4v) is 4.65. The molecule has 0 atom stereocenters. The Morgan fingerprint density at radius 1 is 0.718 bits per heavy atom. The molecular weight excluding hydrogens is 480 g/mol. The van der Waals surface area contributed by atoms with Crippen molar-refractivity contribution in [2.24, 2.45) is 9.98 Å². The van der Waals surface area contributed by atoms with Crippen LogP contribution in [0.15, 0.2) is 137 Å². The van der Waals surface area contributed by atoms with Crippen LogP contribution < -0.4 is 5.32 Å². The molecule has 5 heteroatoms. The number of allylic oxidation sites excluding steroid dienone is 1. The number of benzene rings is 4. The number of aromatic nitrogens is 1. The van der Waals surface area contributed by atoms with Crippen LogP contribution >= 0.6 is 0 Å². The van der Waals surface area contributed by atoms with Crippen molar-refractivity contribution >= 4 is 34.5 Å². The zero-order valence-electron chi connectivity index (χ0n) is 21.4. The Morgan fingerprint density at radius 2 is 1.31 bits per heavy atom. The molecule has 6 rings (SSSR count). The highest BCUT2D eigenvalue weighted by molar-refractivity contribution is 6.38. The van der Waals surface area contributed by atoms with Crippen LogP contribution in [-0.4, -0.2) is 22.4 Å². The smallest absolute Gasteiger partial charge is 0.221 e. The minimum atomic E-state index is -0.103. The van der Waals surface area contributed by atoms with Crippen molar-refractivity contribution in [2.45, 2.75) is 6.92 Å². The van der Waals surface area contributed by atoms with Gasteiger partial charge >= 0.3 is 0 Å². The van der Waals surface area contributed by atoms with Gasteiger partial charge < -0.3 is 10.3 Å². The van der Waals surface area contributed by atoms with E-state index in [0.717, 1.165) is 56.3 Å². The number of rotatable bonds is 6. The first-order valence-corrected chi connectivity index (χ1v) is 12.8. The second kappa shape index (κ2) is 10.6. The number of aromatic amines is 1. The lowest BCUT2D eigenvalue weighted by atomic mass is 10.0. The quantitative estimate of drug-likeness (QED) is 0.241. The molecular formula is C34H26N4O. The molecule has 0 radical (unpaired) electrons. The van der Waals surface area contributed by atoms with Crippen LogP contribution in [0.25, 0.3) is 28.0 Å². The van der Waals surface area contributed by atoms with E-state index in [2.05, 4.69) is 46.7 Å². The highest BCUT2D eigenvalue weighted by Crippen LogP contribution is 2.36. The third-order valence-electron chi connectivity index (χ3n) is 6.52. The van der Waals surface area contributed by atoms with Gasteiger partial charge in [0.1, 0.15) is 5.82 Å². The number of nitrogens with one attached hydrogen (secondary N) is 2. The zero-order valence-corrected chi connectivity index (χ0v) is 21.4. The molecule has 1 amide bonds. The molecule has 0 saturated heterocycles. The highest BCUT2D eigenvalue weighted by Gasteiger charge is 2.21. The molecule has 0 unspecified atom stereocenters. The molecule has 1 aliphatic rings. The van der Waals surface area contributed by atoms with E-state index >= 15 is 0 Å². The monoisotopic (exact) mass is 506 g/mol. The first kappa shape index (κ1) is 24.1. The number of carbonyl (C=O) groups is 1. The Balaban J connectivity index is 1.48. The Hall–Kier alpha value is -5.29. The van der Waals surface area contributed by atoms with Crippen LogP contribution in [0, 0.1) is 0 Å². The number of aliphatic imine (C=N–C) groups is 2. The van der Waals surface area contributed by atoms with Crippen molar-refractivity contribution in [3.05, 3.63) is 139 Å². The van der Waals surface area contributed by atoms with E-state index in [4.69, 9.17) is 9.98 Å². The van der Waals surface area contributed by atoms with E-state index in [1.807, 2.05) is 91.0 Å². The average molecular weight is 507 g/mol. The number of hydrogen-bond donors (Lipinski definition) is 2. The van der Waals surface area contributed by atoms with Crippen molar-refractivity contribution < 1.29 is 4.79 Å². The van der Waals surface area contributed by atoms with E-state index in [0.29, 0.717) is 5.84 Å². The molecule has 5 nitrogen and oxygen atoms in total. The number of hydrogen-bond acceptors (Lipinski definition) is 2. The average Bonchev–Trinajstić information content (AvgIpc) is 3.60. The summed E-state index contributed by atoms with van der Waals surface area (Å²) in [6.07, 6.45) is 2.07. The first-order valence-electron chi connectivity index (χ1n) is 12.8. The summed E-state index contributed by atoms with van der Waals surface area (Å²) >= 11 is 0. The van der Waals surface area contributed by atoms with Gasteiger partial charge in [0.05, 0.1) is 5.71 Å². The van der Waals surface area contributed by atoms with Gasteiger partial charge in [0.2, 0.25) is 5.91 Å². The normalized spacial score (nSPS) is 13.7. The molecule has 188 valence electrons. The van der Waals surface area contributed by atoms with Gasteiger partial charge in [-0.3, -0.25) is 4.79 Å². The van der Waals surface area contributed by atoms with E-state index in [-0.39, 0.29) is 5.91 Å². The summed E-state index contributed by atoms with van der Waals surface area (Å²) < 4.78 is 0. The lowest BCUT2D eigenvalue weighted by Gasteiger charge is -2.07. The Labute approximate surface area is 227 Å². The molecule has 0 aliphatic carbocycles. The minimum Gasteiger partial charge on any atom is -0.339 e. The topological polar surface area (TPSA) is 69.6 Å². The molecule has 0 fully saturated rings. The SMILES string of the molecule is CC(=O)Nc1ccc(C2=CC(c3ccccc3)=N/C2=N\c2[nH]c(-c3ccccc3)cc2-c2ccccc2)cc1. The van der Waals surface area contributed by atoms with Gasteiger partial charge in [-0.25, -0.2) is 9.98 Å². The van der Waals surface area contributed by atoms with Crippen LogP contribution in [-0.2, 0) is 4.79 Å². The zero-order chi connectivity index (χ0) is 26.6. The maximum Gasteiger partial charge on any atom is 0.221 e. The largest absolute Gasteiger partial charge is 0.339 e. The molecule has 0 bridgehead atoms. The molecule has 5 aromatic rings. The molecule has 2 heterocycles. The van der Waals surface area contributed by atoms with Crippen LogP contribution in [0.4, 0.5) is 11.5 Å². The maximum absolute atomic E-state index is 11.5. The number of carbonyl (C=O) groups excluding carboxylic acids is 1. The van der Waals surface area contributed by atoms with Crippen LogP contribution in [0.5, 0.6) is 0 Å². The lowest BCUT2D eigenvalue weighted by Crippen LogP contribution is -2.05. The number of nitrogens with zero attached hydrogens (tertiary/aromatic N) is 2. The van der Waals surface area contributed by atoms with Gasteiger partial charge in [-0.05, 0) is 41.0 Å². The second-order valence-electron chi connectivity index (χ2n) is 9.29. The Bertz CT molecular complexity index is 1710. The van der Waals surface area contributed by atoms with Crippen molar-refractivity contribution in [3.63, 3.8) is 0 Å². The van der Waals surface area contributed by atoms with Crippen LogP contribution in [0.3, 0.4) is 0 Å². The summed E-state index contributed by atoms with van der Waals surface area (Å²) in [5.74, 6) is 1.27. The Morgan fingerprint density at radius 3 is 1.92 bits per heavy atom. The van der Waals surface area contributed by atoms with Crippen molar-refractivity contribution in [2.75, 3.05) is 5.32 Å².